The van der Waals surface area contributed by atoms with Gasteiger partial charge in [-0.2, -0.15) is 27.7 Å². The van der Waals surface area contributed by atoms with Crippen molar-refractivity contribution in [3.05, 3.63) is 10.6 Å². The molecule has 0 saturated carbocycles. The summed E-state index contributed by atoms with van der Waals surface area (Å²) in [6.45, 7) is 2.96. The third-order valence-electron chi connectivity index (χ3n) is 0.316. The van der Waals surface area contributed by atoms with Crippen molar-refractivity contribution in [3.8, 4) is 0 Å². The predicted molar refractivity (Wildman–Crippen MR) is 35.0 cm³/mol. The topological polar surface area (TPSA) is 28.2 Å². The molecule has 0 saturated heterocycles. The van der Waals surface area contributed by atoms with Crippen LogP contribution in [0.5, 0.6) is 0 Å². The Kier molecular flexibility index (Phi) is 48.9. The van der Waals surface area contributed by atoms with Crippen LogP contribution in [-0.2, 0) is 32.7 Å². The molecule has 0 aliphatic carbocycles. The van der Waals surface area contributed by atoms with Crippen molar-refractivity contribution >= 4 is 0 Å². The molecule has 0 aliphatic heterocycles. The Morgan fingerprint density at radius 1 is 1.12 bits per heavy atom. The quantitative estimate of drug-likeness (QED) is 0.602. The molecule has 0 atom stereocenters. The third-order valence-corrected chi connectivity index (χ3v) is 0.316. The van der Waals surface area contributed by atoms with Gasteiger partial charge in [-0.25, -0.2) is 0 Å². The molecule has 2 nitrogen and oxygen atoms in total. The monoisotopic (exact) mass is 191 g/mol. The second kappa shape index (κ2) is 24.4. The summed E-state index contributed by atoms with van der Waals surface area (Å²) >= 11 is 0. The van der Waals surface area contributed by atoms with Crippen molar-refractivity contribution in [1.29, 1.82) is 0 Å². The molecule has 0 amide bonds. The fourth-order valence-corrected chi connectivity index (χ4v) is 0. The van der Waals surface area contributed by atoms with Crippen molar-refractivity contribution < 1.29 is 32.7 Å². The third kappa shape index (κ3) is 62.2. The minimum absolute atomic E-state index is 0. The van der Waals surface area contributed by atoms with Crippen LogP contribution in [0.4, 0.5) is 0 Å². The van der Waals surface area contributed by atoms with Gasteiger partial charge in [0.2, 0.25) is 0 Å². The second-order valence-electron chi connectivity index (χ2n) is 1.08. The minimum Gasteiger partial charge on any atom is -0.668 e. The van der Waals surface area contributed by atoms with Crippen LogP contribution in [0.15, 0.2) is 0 Å². The van der Waals surface area contributed by atoms with E-state index in [1.54, 1.807) is 21.1 Å². The van der Waals surface area contributed by atoms with E-state index in [2.05, 4.69) is 10.6 Å². The van der Waals surface area contributed by atoms with Crippen molar-refractivity contribution in [2.45, 2.75) is 6.92 Å². The summed E-state index contributed by atoms with van der Waals surface area (Å²) in [6.07, 6.45) is 0. The number of hydrogen-bond acceptors (Lipinski definition) is 0. The Balaban J connectivity index is -0.0000000575. The van der Waals surface area contributed by atoms with Crippen molar-refractivity contribution in [3.63, 3.8) is 0 Å². The summed E-state index contributed by atoms with van der Waals surface area (Å²) < 4.78 is 0. The summed E-state index contributed by atoms with van der Waals surface area (Å²) in [5.41, 5.74) is 0. The first-order chi connectivity index (χ1) is 3.33. The standard InChI is InChI=1S/C3H8N.C2H6N.Y/c1-3-4-2;1-3-2;/h3H2,1-2H3;1-2H3;/q2*-1;. The fourth-order valence-electron chi connectivity index (χ4n) is 0. The molecule has 49 valence electrons. The molecule has 0 rings (SSSR count). The van der Waals surface area contributed by atoms with E-state index in [1.165, 1.54) is 0 Å². The number of nitrogens with zero attached hydrogens (tertiary/aromatic N) is 2. The van der Waals surface area contributed by atoms with E-state index < -0.39 is 0 Å². The van der Waals surface area contributed by atoms with Crippen LogP contribution in [0, 0.1) is 0 Å². The average molecular weight is 191 g/mol. The van der Waals surface area contributed by atoms with Crippen LogP contribution in [-0.4, -0.2) is 27.7 Å². The van der Waals surface area contributed by atoms with Crippen molar-refractivity contribution in [2.24, 2.45) is 0 Å². The summed E-state index contributed by atoms with van der Waals surface area (Å²) in [6, 6.07) is 0. The van der Waals surface area contributed by atoms with Crippen LogP contribution in [0.1, 0.15) is 6.92 Å². The first-order valence-corrected chi connectivity index (χ1v) is 2.36. The molecule has 0 aromatic carbocycles. The number of rotatable bonds is 1. The normalized spacial score (nSPS) is 6.00. The molecule has 8 heavy (non-hydrogen) atoms. The minimum atomic E-state index is 0. The maximum Gasteiger partial charge on any atom is 0 e. The molecule has 0 spiro atoms. The van der Waals surface area contributed by atoms with Gasteiger partial charge < -0.3 is 10.6 Å². The predicted octanol–water partition coefficient (Wildman–Crippen LogP) is 1.63. The van der Waals surface area contributed by atoms with Crippen molar-refractivity contribution in [2.75, 3.05) is 27.7 Å². The summed E-state index contributed by atoms with van der Waals surface area (Å²) in [5.74, 6) is 0. The molecular weight excluding hydrogens is 177 g/mol. The fraction of sp³-hybridized carbons (Fsp3) is 1.00. The van der Waals surface area contributed by atoms with Crippen molar-refractivity contribution in [1.82, 2.24) is 0 Å². The molecule has 0 aromatic heterocycles. The van der Waals surface area contributed by atoms with E-state index >= 15 is 0 Å². The molecule has 0 fully saturated rings. The van der Waals surface area contributed by atoms with Gasteiger partial charge in [0, 0.05) is 32.7 Å². The largest absolute Gasteiger partial charge is 0.668 e. The molecule has 0 bridgehead atoms. The first kappa shape index (κ1) is 16.0. The molecule has 3 heteroatoms. The second-order valence-corrected chi connectivity index (χ2v) is 1.08. The van der Waals surface area contributed by atoms with Gasteiger partial charge in [0.25, 0.3) is 0 Å². The van der Waals surface area contributed by atoms with Crippen LogP contribution < -0.4 is 0 Å². The zero-order valence-electron chi connectivity index (χ0n) is 6.18. The Morgan fingerprint density at radius 2 is 1.25 bits per heavy atom. The zero-order valence-corrected chi connectivity index (χ0v) is 9.02. The van der Waals surface area contributed by atoms with Gasteiger partial charge in [-0.05, 0) is 0 Å². The SMILES string of the molecule is CC[N-]C.C[N-]C.[Y]. The molecule has 1 radical (unpaired) electrons. The van der Waals surface area contributed by atoms with Gasteiger partial charge in [-0.1, -0.05) is 6.92 Å². The van der Waals surface area contributed by atoms with Gasteiger partial charge in [0.05, 0.1) is 0 Å². The zero-order chi connectivity index (χ0) is 6.12. The molecular formula is C5H14N2Y-2. The molecule has 0 aliphatic rings. The summed E-state index contributed by atoms with van der Waals surface area (Å²) in [4.78, 5) is 0. The van der Waals surface area contributed by atoms with E-state index in [9.17, 15) is 0 Å². The van der Waals surface area contributed by atoms with E-state index in [-0.39, 0.29) is 32.7 Å². The Hall–Kier alpha value is 1.02. The van der Waals surface area contributed by atoms with E-state index in [1.807, 2.05) is 6.92 Å². The van der Waals surface area contributed by atoms with Gasteiger partial charge in [0.15, 0.2) is 0 Å². The van der Waals surface area contributed by atoms with Gasteiger partial charge in [0.1, 0.15) is 0 Å². The number of hydrogen-bond donors (Lipinski definition) is 0. The smallest absolute Gasteiger partial charge is 0 e. The maximum absolute atomic E-state index is 3.74. The average Bonchev–Trinajstić information content (AvgIpc) is 1.69. The molecule has 0 aromatic rings. The van der Waals surface area contributed by atoms with Crippen LogP contribution >= 0.6 is 0 Å². The Morgan fingerprint density at radius 3 is 1.25 bits per heavy atom. The molecule has 0 heterocycles. The molecule has 0 unspecified atom stereocenters. The van der Waals surface area contributed by atoms with Gasteiger partial charge in [-0.15, -0.1) is 0 Å². The van der Waals surface area contributed by atoms with Gasteiger partial charge in [-0.3, -0.25) is 0 Å². The Bertz CT molecular complexity index is 17.9. The van der Waals surface area contributed by atoms with E-state index in [0.717, 1.165) is 6.54 Å². The summed E-state index contributed by atoms with van der Waals surface area (Å²) in [5, 5.41) is 7.24. The van der Waals surface area contributed by atoms with Crippen LogP contribution in [0.3, 0.4) is 0 Å². The Labute approximate surface area is 77.7 Å². The maximum atomic E-state index is 3.74. The van der Waals surface area contributed by atoms with E-state index in [0.29, 0.717) is 0 Å². The first-order valence-electron chi connectivity index (χ1n) is 2.36. The van der Waals surface area contributed by atoms with Crippen LogP contribution in [0.2, 0.25) is 0 Å². The van der Waals surface area contributed by atoms with Crippen LogP contribution in [0.25, 0.3) is 10.6 Å². The van der Waals surface area contributed by atoms with Gasteiger partial charge >= 0.3 is 0 Å². The summed E-state index contributed by atoms with van der Waals surface area (Å²) in [7, 11) is 5.31. The van der Waals surface area contributed by atoms with E-state index in [4.69, 9.17) is 0 Å². The molecule has 0 N–H and O–H groups in total.